The lowest BCUT2D eigenvalue weighted by Crippen LogP contribution is -2.42. The number of benzene rings is 1. The summed E-state index contributed by atoms with van der Waals surface area (Å²) in [6.07, 6.45) is 1.09. The molecule has 0 bridgehead atoms. The molecule has 0 atom stereocenters. The van der Waals surface area contributed by atoms with E-state index in [4.69, 9.17) is 16.7 Å². The molecule has 1 heterocycles. The lowest BCUT2D eigenvalue weighted by Gasteiger charge is -2.16. The van der Waals surface area contributed by atoms with Crippen molar-refractivity contribution in [3.8, 4) is 0 Å². The zero-order chi connectivity index (χ0) is 13.8. The molecule has 1 aromatic rings. The van der Waals surface area contributed by atoms with Gasteiger partial charge in [0.1, 0.15) is 0 Å². The first-order valence-corrected chi connectivity index (χ1v) is 6.51. The molecular weight excluding hydrogens is 268 g/mol. The zero-order valence-electron chi connectivity index (χ0n) is 10.4. The van der Waals surface area contributed by atoms with Gasteiger partial charge in [-0.3, -0.25) is 9.59 Å². The van der Waals surface area contributed by atoms with Crippen LogP contribution in [0.4, 0.5) is 5.69 Å². The van der Waals surface area contributed by atoms with Crippen molar-refractivity contribution >= 4 is 29.1 Å². The minimum atomic E-state index is -0.652. The first-order valence-electron chi connectivity index (χ1n) is 6.13. The van der Waals surface area contributed by atoms with E-state index in [-0.39, 0.29) is 13.2 Å². The molecule has 2 rings (SSSR count). The quantitative estimate of drug-likeness (QED) is 0.634. The molecule has 0 unspecified atom stereocenters. The number of aliphatic hydroxyl groups excluding tert-OH is 1. The van der Waals surface area contributed by atoms with Crippen LogP contribution >= 0.6 is 11.6 Å². The lowest BCUT2D eigenvalue weighted by molar-refractivity contribution is -0.137. The Morgan fingerprint density at radius 1 is 1.42 bits per heavy atom. The number of nitrogens with zero attached hydrogens (tertiary/aromatic N) is 1. The van der Waals surface area contributed by atoms with Crippen LogP contribution in [-0.2, 0) is 16.0 Å². The molecule has 0 aliphatic carbocycles. The maximum atomic E-state index is 12.0. The number of fused-ring (bicyclic) bond motifs is 1. The third kappa shape index (κ3) is 2.88. The normalized spacial score (nSPS) is 13.3. The molecule has 2 amide bonds. The SMILES string of the molecule is O=C(NCCCO)C(=O)N1CCc2c(Cl)cccc21. The average molecular weight is 283 g/mol. The van der Waals surface area contributed by atoms with Crippen molar-refractivity contribution in [2.75, 3.05) is 24.6 Å². The van der Waals surface area contributed by atoms with Crippen LogP contribution in [0.3, 0.4) is 0 Å². The molecule has 0 saturated carbocycles. The van der Waals surface area contributed by atoms with Gasteiger partial charge in [-0.05, 0) is 30.5 Å². The van der Waals surface area contributed by atoms with E-state index < -0.39 is 11.8 Å². The Kier molecular flexibility index (Phi) is 4.39. The number of anilines is 1. The number of nitrogens with one attached hydrogen (secondary N) is 1. The number of rotatable bonds is 3. The third-order valence-electron chi connectivity index (χ3n) is 3.03. The Balaban J connectivity index is 2.07. The van der Waals surface area contributed by atoms with E-state index in [0.717, 1.165) is 5.56 Å². The summed E-state index contributed by atoms with van der Waals surface area (Å²) in [6.45, 7) is 0.735. The maximum absolute atomic E-state index is 12.0. The van der Waals surface area contributed by atoms with Crippen LogP contribution in [0.2, 0.25) is 5.02 Å². The van der Waals surface area contributed by atoms with E-state index >= 15 is 0 Å². The molecule has 1 aliphatic rings. The van der Waals surface area contributed by atoms with Gasteiger partial charge in [0.05, 0.1) is 0 Å². The van der Waals surface area contributed by atoms with E-state index in [9.17, 15) is 9.59 Å². The Morgan fingerprint density at radius 2 is 2.21 bits per heavy atom. The minimum absolute atomic E-state index is 0.0172. The van der Waals surface area contributed by atoms with Gasteiger partial charge in [-0.15, -0.1) is 0 Å². The van der Waals surface area contributed by atoms with Gasteiger partial charge < -0.3 is 15.3 Å². The van der Waals surface area contributed by atoms with Crippen LogP contribution in [0.5, 0.6) is 0 Å². The van der Waals surface area contributed by atoms with E-state index in [1.54, 1.807) is 18.2 Å². The second-order valence-electron chi connectivity index (χ2n) is 4.28. The van der Waals surface area contributed by atoms with Crippen molar-refractivity contribution in [3.05, 3.63) is 28.8 Å². The number of hydrogen-bond acceptors (Lipinski definition) is 3. The molecular formula is C13H15ClN2O3. The summed E-state index contributed by atoms with van der Waals surface area (Å²) in [4.78, 5) is 25.1. The van der Waals surface area contributed by atoms with Gasteiger partial charge in [0.15, 0.2) is 0 Å². The van der Waals surface area contributed by atoms with Gasteiger partial charge in [-0.2, -0.15) is 0 Å². The van der Waals surface area contributed by atoms with Gasteiger partial charge in [0, 0.05) is 30.4 Å². The second kappa shape index (κ2) is 6.04. The number of amides is 2. The summed E-state index contributed by atoms with van der Waals surface area (Å²) in [6, 6.07) is 5.32. The van der Waals surface area contributed by atoms with E-state index in [0.29, 0.717) is 30.1 Å². The van der Waals surface area contributed by atoms with Crippen LogP contribution in [-0.4, -0.2) is 36.6 Å². The molecule has 2 N–H and O–H groups in total. The van der Waals surface area contributed by atoms with Gasteiger partial charge in [-0.25, -0.2) is 0 Å². The zero-order valence-corrected chi connectivity index (χ0v) is 11.1. The number of aliphatic hydroxyl groups is 1. The molecule has 0 saturated heterocycles. The van der Waals surface area contributed by atoms with Crippen LogP contribution < -0.4 is 10.2 Å². The number of carbonyl (C=O) groups excluding carboxylic acids is 2. The van der Waals surface area contributed by atoms with Crippen molar-refractivity contribution in [1.29, 1.82) is 0 Å². The minimum Gasteiger partial charge on any atom is -0.396 e. The molecule has 0 spiro atoms. The molecule has 1 aromatic carbocycles. The molecule has 0 fully saturated rings. The van der Waals surface area contributed by atoms with Crippen LogP contribution in [0, 0.1) is 0 Å². The predicted molar refractivity (Wildman–Crippen MR) is 72.2 cm³/mol. The molecule has 102 valence electrons. The molecule has 19 heavy (non-hydrogen) atoms. The first-order chi connectivity index (χ1) is 9.15. The van der Waals surface area contributed by atoms with E-state index in [1.165, 1.54) is 4.90 Å². The number of hydrogen-bond donors (Lipinski definition) is 2. The van der Waals surface area contributed by atoms with Crippen molar-refractivity contribution in [1.82, 2.24) is 5.32 Å². The average Bonchev–Trinajstić information content (AvgIpc) is 2.83. The summed E-state index contributed by atoms with van der Waals surface area (Å²) < 4.78 is 0. The fraction of sp³-hybridized carbons (Fsp3) is 0.385. The van der Waals surface area contributed by atoms with Gasteiger partial charge in [0.2, 0.25) is 0 Å². The number of halogens is 1. The first kappa shape index (κ1) is 13.8. The Hall–Kier alpha value is -1.59. The number of carbonyl (C=O) groups is 2. The second-order valence-corrected chi connectivity index (χ2v) is 4.68. The Labute approximate surface area is 116 Å². The lowest BCUT2D eigenvalue weighted by atomic mass is 10.2. The molecule has 1 aliphatic heterocycles. The molecule has 0 aromatic heterocycles. The summed E-state index contributed by atoms with van der Waals surface area (Å²) >= 11 is 6.06. The fourth-order valence-electron chi connectivity index (χ4n) is 2.08. The van der Waals surface area contributed by atoms with Crippen LogP contribution in [0.15, 0.2) is 18.2 Å². The highest BCUT2D eigenvalue weighted by Gasteiger charge is 2.29. The van der Waals surface area contributed by atoms with Crippen molar-refractivity contribution in [2.24, 2.45) is 0 Å². The summed E-state index contributed by atoms with van der Waals surface area (Å²) in [7, 11) is 0. The monoisotopic (exact) mass is 282 g/mol. The van der Waals surface area contributed by atoms with Crippen molar-refractivity contribution in [3.63, 3.8) is 0 Å². The van der Waals surface area contributed by atoms with E-state index in [1.807, 2.05) is 0 Å². The topological polar surface area (TPSA) is 69.6 Å². The highest BCUT2D eigenvalue weighted by atomic mass is 35.5. The summed E-state index contributed by atoms with van der Waals surface area (Å²) in [5, 5.41) is 11.7. The maximum Gasteiger partial charge on any atom is 0.316 e. The Bertz CT molecular complexity index is 505. The van der Waals surface area contributed by atoms with Crippen LogP contribution in [0.1, 0.15) is 12.0 Å². The van der Waals surface area contributed by atoms with Gasteiger partial charge in [-0.1, -0.05) is 17.7 Å². The predicted octanol–water partition coefficient (Wildman–Crippen LogP) is 0.728. The third-order valence-corrected chi connectivity index (χ3v) is 3.38. The standard InChI is InChI=1S/C13H15ClN2O3/c14-10-3-1-4-11-9(10)5-7-16(11)13(19)12(18)15-6-2-8-17/h1,3-4,17H,2,5-8H2,(H,15,18). The molecule has 0 radical (unpaired) electrons. The molecule has 6 heteroatoms. The fourth-order valence-corrected chi connectivity index (χ4v) is 2.35. The molecule has 5 nitrogen and oxygen atoms in total. The van der Waals surface area contributed by atoms with E-state index in [2.05, 4.69) is 5.32 Å². The highest BCUT2D eigenvalue weighted by molar-refractivity contribution is 6.41. The highest BCUT2D eigenvalue weighted by Crippen LogP contribution is 2.33. The van der Waals surface area contributed by atoms with Gasteiger partial charge >= 0.3 is 11.8 Å². The Morgan fingerprint density at radius 3 is 2.95 bits per heavy atom. The van der Waals surface area contributed by atoms with Crippen LogP contribution in [0.25, 0.3) is 0 Å². The summed E-state index contributed by atoms with van der Waals surface area (Å²) in [5.74, 6) is -1.24. The smallest absolute Gasteiger partial charge is 0.316 e. The van der Waals surface area contributed by atoms with Gasteiger partial charge in [0.25, 0.3) is 0 Å². The summed E-state index contributed by atoms with van der Waals surface area (Å²) in [5.41, 5.74) is 1.61. The largest absolute Gasteiger partial charge is 0.396 e. The van der Waals surface area contributed by atoms with Crippen molar-refractivity contribution < 1.29 is 14.7 Å². The van der Waals surface area contributed by atoms with Crippen molar-refractivity contribution in [2.45, 2.75) is 12.8 Å².